The minimum atomic E-state index is -1.12. The average molecular weight is 709 g/mol. The van der Waals surface area contributed by atoms with Gasteiger partial charge in [-0.1, -0.05) is 37.3 Å². The summed E-state index contributed by atoms with van der Waals surface area (Å²) in [5.74, 6) is -0.674. The molecule has 278 valence electrons. The number of rotatable bonds is 15. The number of amides is 4. The van der Waals surface area contributed by atoms with Crippen molar-refractivity contribution >= 4 is 35.5 Å². The van der Waals surface area contributed by atoms with E-state index in [0.29, 0.717) is 62.4 Å². The van der Waals surface area contributed by atoms with Gasteiger partial charge in [0.25, 0.3) is 11.8 Å². The van der Waals surface area contributed by atoms with E-state index in [0.717, 1.165) is 5.56 Å². The molecule has 2 aliphatic heterocycles. The first-order valence-corrected chi connectivity index (χ1v) is 17.8. The highest BCUT2D eigenvalue weighted by atomic mass is 16.7. The van der Waals surface area contributed by atoms with Crippen LogP contribution in [0.25, 0.3) is 0 Å². The van der Waals surface area contributed by atoms with Crippen LogP contribution in [0.3, 0.4) is 0 Å². The fraction of sp³-hybridized carbons (Fsp3) is 0.553. The number of hydrogen-bond donors (Lipinski definition) is 1. The molecule has 4 amide bonds. The van der Waals surface area contributed by atoms with Crippen molar-refractivity contribution in [3.63, 3.8) is 0 Å². The second-order valence-corrected chi connectivity index (χ2v) is 13.6. The van der Waals surface area contributed by atoms with E-state index >= 15 is 0 Å². The smallest absolute Gasteiger partial charge is 0.412 e. The Bertz CT molecular complexity index is 1530. The minimum absolute atomic E-state index is 0.121. The number of ether oxygens (including phenoxy) is 4. The summed E-state index contributed by atoms with van der Waals surface area (Å²) < 4.78 is 22.4. The fourth-order valence-electron chi connectivity index (χ4n) is 6.24. The van der Waals surface area contributed by atoms with Crippen LogP contribution in [0, 0.1) is 0 Å². The van der Waals surface area contributed by atoms with Crippen molar-refractivity contribution in [3.8, 4) is 5.75 Å². The Morgan fingerprint density at radius 2 is 1.80 bits per heavy atom. The second-order valence-electron chi connectivity index (χ2n) is 13.6. The van der Waals surface area contributed by atoms with Gasteiger partial charge in [-0.3, -0.25) is 19.2 Å². The molecule has 0 spiro atoms. The van der Waals surface area contributed by atoms with Gasteiger partial charge in [0.2, 0.25) is 12.2 Å². The zero-order chi connectivity index (χ0) is 37.1. The van der Waals surface area contributed by atoms with Gasteiger partial charge in [0, 0.05) is 64.2 Å². The average Bonchev–Trinajstić information content (AvgIpc) is 3.09. The van der Waals surface area contributed by atoms with Crippen molar-refractivity contribution in [1.29, 1.82) is 0 Å². The maximum absolute atomic E-state index is 14.1. The molecule has 1 N–H and O–H groups in total. The standard InChI is InChI=1S/C38H52N4O9/c1-7-33(43)39-19-21-41-31-23-29(17-18-32(31)51-38(5,6)36(41)46)35(45)42(26(2)3)30-15-11-20-40(24-30)37(47)50-27(4)49-34(44)16-12-22-48-25-28-13-9-8-10-14-28/h8-10,13-14,17-18,23,26-27,30H,7,11-12,15-16,19-22,24-25H2,1-6H3,(H,39,43)/t27?,30-/m1/s1. The van der Waals surface area contributed by atoms with Crippen LogP contribution < -0.4 is 15.0 Å². The summed E-state index contributed by atoms with van der Waals surface area (Å²) in [7, 11) is 0. The predicted molar refractivity (Wildman–Crippen MR) is 190 cm³/mol. The van der Waals surface area contributed by atoms with Gasteiger partial charge >= 0.3 is 12.1 Å². The molecule has 0 saturated carbocycles. The van der Waals surface area contributed by atoms with Gasteiger partial charge in [-0.25, -0.2) is 4.79 Å². The number of esters is 1. The molecular weight excluding hydrogens is 656 g/mol. The molecule has 0 bridgehead atoms. The third-order valence-corrected chi connectivity index (χ3v) is 8.78. The Morgan fingerprint density at radius 3 is 2.51 bits per heavy atom. The zero-order valence-corrected chi connectivity index (χ0v) is 30.6. The van der Waals surface area contributed by atoms with E-state index in [1.807, 2.05) is 44.2 Å². The maximum atomic E-state index is 14.1. The van der Waals surface area contributed by atoms with Gasteiger partial charge < -0.3 is 39.0 Å². The summed E-state index contributed by atoms with van der Waals surface area (Å²) in [5.41, 5.74) is 0.754. The van der Waals surface area contributed by atoms with Crippen molar-refractivity contribution < 1.29 is 42.9 Å². The Kier molecular flexibility index (Phi) is 13.8. The Labute approximate surface area is 300 Å². The number of carbonyl (C=O) groups is 5. The van der Waals surface area contributed by atoms with Gasteiger partial charge in [-0.15, -0.1) is 0 Å². The predicted octanol–water partition coefficient (Wildman–Crippen LogP) is 5.05. The molecule has 13 nitrogen and oxygen atoms in total. The molecule has 1 saturated heterocycles. The number of anilines is 1. The molecule has 4 rings (SSSR count). The number of likely N-dealkylation sites (tertiary alicyclic amines) is 1. The van der Waals surface area contributed by atoms with Crippen LogP contribution >= 0.6 is 0 Å². The minimum Gasteiger partial charge on any atom is -0.476 e. The number of hydrogen-bond acceptors (Lipinski definition) is 9. The molecule has 0 radical (unpaired) electrons. The maximum Gasteiger partial charge on any atom is 0.412 e. The third kappa shape index (κ3) is 10.7. The van der Waals surface area contributed by atoms with Crippen molar-refractivity contribution in [3.05, 3.63) is 59.7 Å². The lowest BCUT2D eigenvalue weighted by Crippen LogP contribution is -2.55. The lowest BCUT2D eigenvalue weighted by Gasteiger charge is -2.42. The molecule has 2 aliphatic rings. The van der Waals surface area contributed by atoms with E-state index in [-0.39, 0.29) is 55.9 Å². The lowest BCUT2D eigenvalue weighted by molar-refractivity contribution is -0.166. The SMILES string of the molecule is CCC(=O)NCCN1C(=O)C(C)(C)Oc2ccc(C(=O)N(C(C)C)[C@@H]3CCCN(C(=O)OC(C)OC(=O)CCCOCc4ccccc4)C3)cc21. The summed E-state index contributed by atoms with van der Waals surface area (Å²) in [6.07, 6.45) is 0.544. The lowest BCUT2D eigenvalue weighted by atomic mass is 9.99. The van der Waals surface area contributed by atoms with Crippen molar-refractivity contribution in [1.82, 2.24) is 15.1 Å². The number of nitrogens with zero attached hydrogens (tertiary/aromatic N) is 3. The molecule has 1 fully saturated rings. The molecule has 2 aromatic rings. The topological polar surface area (TPSA) is 144 Å². The Balaban J connectivity index is 1.34. The van der Waals surface area contributed by atoms with Crippen molar-refractivity contribution in [2.45, 2.75) is 104 Å². The van der Waals surface area contributed by atoms with Crippen molar-refractivity contribution in [2.24, 2.45) is 0 Å². The van der Waals surface area contributed by atoms with Crippen LogP contribution in [0.2, 0.25) is 0 Å². The van der Waals surface area contributed by atoms with Gasteiger partial charge in [-0.05, 0) is 70.7 Å². The van der Waals surface area contributed by atoms with Crippen LogP contribution in [0.1, 0.15) is 89.6 Å². The molecule has 13 heteroatoms. The van der Waals surface area contributed by atoms with E-state index in [2.05, 4.69) is 5.32 Å². The Morgan fingerprint density at radius 1 is 1.06 bits per heavy atom. The number of fused-ring (bicyclic) bond motifs is 1. The van der Waals surface area contributed by atoms with Crippen LogP contribution in [0.5, 0.6) is 5.75 Å². The summed E-state index contributed by atoms with van der Waals surface area (Å²) >= 11 is 0. The normalized spacial score (nSPS) is 17.2. The van der Waals surface area contributed by atoms with Gasteiger partial charge in [-0.2, -0.15) is 0 Å². The highest BCUT2D eigenvalue weighted by molar-refractivity contribution is 6.04. The van der Waals surface area contributed by atoms with Gasteiger partial charge in [0.15, 0.2) is 5.60 Å². The monoisotopic (exact) mass is 708 g/mol. The first-order valence-electron chi connectivity index (χ1n) is 17.8. The molecule has 2 heterocycles. The number of nitrogens with one attached hydrogen (secondary N) is 1. The molecular formula is C38H52N4O9. The summed E-state index contributed by atoms with van der Waals surface area (Å²) in [5, 5.41) is 2.80. The van der Waals surface area contributed by atoms with Crippen LogP contribution in [-0.4, -0.2) is 96.3 Å². The second kappa shape index (κ2) is 18.0. The molecule has 2 aromatic carbocycles. The number of carbonyl (C=O) groups excluding carboxylic acids is 5. The van der Waals surface area contributed by atoms with Crippen LogP contribution in [-0.2, 0) is 35.2 Å². The first-order chi connectivity index (χ1) is 24.3. The summed E-state index contributed by atoms with van der Waals surface area (Å²) in [6.45, 7) is 12.5. The van der Waals surface area contributed by atoms with E-state index in [9.17, 15) is 24.0 Å². The van der Waals surface area contributed by atoms with Crippen molar-refractivity contribution in [2.75, 3.05) is 37.7 Å². The third-order valence-electron chi connectivity index (χ3n) is 8.78. The van der Waals surface area contributed by atoms with Gasteiger partial charge in [0.1, 0.15) is 5.75 Å². The van der Waals surface area contributed by atoms with Crippen LogP contribution in [0.4, 0.5) is 10.5 Å². The molecule has 1 unspecified atom stereocenters. The largest absolute Gasteiger partial charge is 0.476 e. The quantitative estimate of drug-likeness (QED) is 0.153. The molecule has 0 aliphatic carbocycles. The highest BCUT2D eigenvalue weighted by Gasteiger charge is 2.41. The Hall–Kier alpha value is -4.65. The van der Waals surface area contributed by atoms with E-state index in [4.69, 9.17) is 18.9 Å². The molecule has 0 aromatic heterocycles. The van der Waals surface area contributed by atoms with E-state index < -0.39 is 24.0 Å². The van der Waals surface area contributed by atoms with E-state index in [1.165, 1.54) is 11.8 Å². The highest BCUT2D eigenvalue weighted by Crippen LogP contribution is 2.39. The van der Waals surface area contributed by atoms with E-state index in [1.54, 1.807) is 48.8 Å². The number of benzene rings is 2. The summed E-state index contributed by atoms with van der Waals surface area (Å²) in [6, 6.07) is 14.3. The number of piperidine rings is 1. The molecule has 51 heavy (non-hydrogen) atoms. The molecule has 2 atom stereocenters. The van der Waals surface area contributed by atoms with Gasteiger partial charge in [0.05, 0.1) is 18.3 Å². The fourth-order valence-corrected chi connectivity index (χ4v) is 6.24. The zero-order valence-electron chi connectivity index (χ0n) is 30.6. The first kappa shape index (κ1) is 39.1. The summed E-state index contributed by atoms with van der Waals surface area (Å²) in [4.78, 5) is 69.7. The van der Waals surface area contributed by atoms with Crippen LogP contribution in [0.15, 0.2) is 48.5 Å².